The van der Waals surface area contributed by atoms with Crippen LogP contribution in [-0.4, -0.2) is 0 Å². The summed E-state index contributed by atoms with van der Waals surface area (Å²) in [5.41, 5.74) is -0.0920. The van der Waals surface area contributed by atoms with Gasteiger partial charge in [0.1, 0.15) is 5.82 Å². The van der Waals surface area contributed by atoms with E-state index in [9.17, 15) is 17.6 Å². The zero-order valence-electron chi connectivity index (χ0n) is 10.1. The van der Waals surface area contributed by atoms with Gasteiger partial charge >= 0.3 is 6.18 Å². The van der Waals surface area contributed by atoms with Crippen LogP contribution in [0.15, 0.2) is 42.5 Å². The van der Waals surface area contributed by atoms with Crippen molar-refractivity contribution in [3.63, 3.8) is 0 Å². The van der Waals surface area contributed by atoms with E-state index in [-0.39, 0.29) is 5.69 Å². The molecular weight excluding hydrogens is 385 g/mol. The van der Waals surface area contributed by atoms with Crippen LogP contribution in [0.25, 0.3) is 0 Å². The molecule has 0 aliphatic carbocycles. The van der Waals surface area contributed by atoms with Gasteiger partial charge in [0, 0.05) is 15.8 Å². The molecule has 0 fully saturated rings. The fourth-order valence-electron chi connectivity index (χ4n) is 1.66. The van der Waals surface area contributed by atoms with E-state index in [1.165, 1.54) is 6.07 Å². The molecule has 0 atom stereocenters. The minimum Gasteiger partial charge on any atom is -0.381 e. The lowest BCUT2D eigenvalue weighted by Crippen LogP contribution is -2.09. The third-order valence-electron chi connectivity index (χ3n) is 2.68. The molecule has 0 aliphatic rings. The number of hydrogen-bond donors (Lipinski definition) is 1. The molecule has 0 spiro atoms. The summed E-state index contributed by atoms with van der Waals surface area (Å²) >= 11 is 2.17. The third-order valence-corrected chi connectivity index (χ3v) is 3.40. The summed E-state index contributed by atoms with van der Waals surface area (Å²) in [4.78, 5) is 0. The Kier molecular flexibility index (Phi) is 4.52. The van der Waals surface area contributed by atoms with Gasteiger partial charge in [-0.1, -0.05) is 12.1 Å². The van der Waals surface area contributed by atoms with Gasteiger partial charge in [0.15, 0.2) is 0 Å². The number of benzene rings is 2. The van der Waals surface area contributed by atoms with E-state index in [0.29, 0.717) is 6.54 Å². The molecule has 2 aromatic carbocycles. The summed E-state index contributed by atoms with van der Waals surface area (Å²) in [6.07, 6.45) is -4.69. The highest BCUT2D eigenvalue weighted by molar-refractivity contribution is 14.1. The summed E-state index contributed by atoms with van der Waals surface area (Å²) in [6, 6.07) is 10.5. The van der Waals surface area contributed by atoms with E-state index in [0.717, 1.165) is 21.3 Å². The van der Waals surface area contributed by atoms with Crippen molar-refractivity contribution in [2.45, 2.75) is 12.7 Å². The van der Waals surface area contributed by atoms with Gasteiger partial charge in [0.05, 0.1) is 5.56 Å². The van der Waals surface area contributed by atoms with E-state index < -0.39 is 17.6 Å². The first kappa shape index (κ1) is 15.1. The lowest BCUT2D eigenvalue weighted by atomic mass is 10.1. The van der Waals surface area contributed by atoms with E-state index in [4.69, 9.17) is 0 Å². The molecule has 0 aromatic heterocycles. The molecule has 0 aliphatic heterocycles. The van der Waals surface area contributed by atoms with E-state index in [1.807, 2.05) is 24.3 Å². The molecule has 1 N–H and O–H groups in total. The molecule has 0 radical (unpaired) electrons. The average molecular weight is 395 g/mol. The van der Waals surface area contributed by atoms with Gasteiger partial charge in [-0.25, -0.2) is 4.39 Å². The Hall–Kier alpha value is -1.31. The van der Waals surface area contributed by atoms with Crippen molar-refractivity contribution in [1.29, 1.82) is 0 Å². The Morgan fingerprint density at radius 3 is 2.25 bits per heavy atom. The predicted octanol–water partition coefficient (Wildman–Crippen LogP) is 5.06. The minimum atomic E-state index is -4.69. The zero-order valence-corrected chi connectivity index (χ0v) is 12.3. The van der Waals surface area contributed by atoms with Crippen molar-refractivity contribution in [1.82, 2.24) is 0 Å². The molecule has 0 saturated heterocycles. The fraction of sp³-hybridized carbons (Fsp3) is 0.143. The van der Waals surface area contributed by atoms with E-state index >= 15 is 0 Å². The standard InChI is InChI=1S/C14H10F4IN/c15-13-6-5-11(7-12(13)14(16,17)18)20-8-9-1-3-10(19)4-2-9/h1-7,20H,8H2. The van der Waals surface area contributed by atoms with Crippen molar-refractivity contribution in [3.05, 3.63) is 63.0 Å². The van der Waals surface area contributed by atoms with Crippen LogP contribution in [0.2, 0.25) is 0 Å². The highest BCUT2D eigenvalue weighted by Crippen LogP contribution is 2.33. The number of hydrogen-bond acceptors (Lipinski definition) is 1. The predicted molar refractivity (Wildman–Crippen MR) is 77.9 cm³/mol. The van der Waals surface area contributed by atoms with Crippen molar-refractivity contribution in [2.75, 3.05) is 5.32 Å². The summed E-state index contributed by atoms with van der Waals surface area (Å²) < 4.78 is 51.9. The fourth-order valence-corrected chi connectivity index (χ4v) is 2.02. The molecule has 2 aromatic rings. The van der Waals surface area contributed by atoms with Crippen LogP contribution in [0.5, 0.6) is 0 Å². The van der Waals surface area contributed by atoms with Crippen LogP contribution >= 0.6 is 22.6 Å². The number of nitrogens with one attached hydrogen (secondary N) is 1. The Morgan fingerprint density at radius 1 is 1.00 bits per heavy atom. The van der Waals surface area contributed by atoms with Gasteiger partial charge in [-0.15, -0.1) is 0 Å². The second kappa shape index (κ2) is 5.99. The topological polar surface area (TPSA) is 12.0 Å². The number of anilines is 1. The molecular formula is C14H10F4IN. The maximum Gasteiger partial charge on any atom is 0.419 e. The third kappa shape index (κ3) is 3.84. The molecule has 0 saturated carbocycles. The van der Waals surface area contributed by atoms with Crippen LogP contribution in [0.1, 0.15) is 11.1 Å². The van der Waals surface area contributed by atoms with Gasteiger partial charge in [0.2, 0.25) is 0 Å². The summed E-state index contributed by atoms with van der Waals surface area (Å²) in [7, 11) is 0. The van der Waals surface area contributed by atoms with Gasteiger partial charge in [-0.2, -0.15) is 13.2 Å². The van der Waals surface area contributed by atoms with Gasteiger partial charge < -0.3 is 5.32 Å². The van der Waals surface area contributed by atoms with Crippen molar-refractivity contribution in [2.24, 2.45) is 0 Å². The lowest BCUT2D eigenvalue weighted by molar-refractivity contribution is -0.139. The quantitative estimate of drug-likeness (QED) is 0.566. The SMILES string of the molecule is Fc1ccc(NCc2ccc(I)cc2)cc1C(F)(F)F. The highest BCUT2D eigenvalue weighted by Gasteiger charge is 2.34. The monoisotopic (exact) mass is 395 g/mol. The van der Waals surface area contributed by atoms with Crippen molar-refractivity contribution < 1.29 is 17.6 Å². The van der Waals surface area contributed by atoms with Crippen molar-refractivity contribution in [3.8, 4) is 0 Å². The average Bonchev–Trinajstić information content (AvgIpc) is 2.38. The van der Waals surface area contributed by atoms with Crippen LogP contribution in [0.3, 0.4) is 0 Å². The zero-order chi connectivity index (χ0) is 14.8. The van der Waals surface area contributed by atoms with Crippen LogP contribution in [-0.2, 0) is 12.7 Å². The normalized spacial score (nSPS) is 11.4. The highest BCUT2D eigenvalue weighted by atomic mass is 127. The smallest absolute Gasteiger partial charge is 0.381 e. The molecule has 6 heteroatoms. The van der Waals surface area contributed by atoms with Gasteiger partial charge in [-0.3, -0.25) is 0 Å². The van der Waals surface area contributed by atoms with E-state index in [1.54, 1.807) is 0 Å². The van der Waals surface area contributed by atoms with Gasteiger partial charge in [-0.05, 0) is 58.5 Å². The molecule has 1 nitrogen and oxygen atoms in total. The number of rotatable bonds is 3. The maximum absolute atomic E-state index is 13.1. The molecule has 0 unspecified atom stereocenters. The Balaban J connectivity index is 2.12. The van der Waals surface area contributed by atoms with Crippen LogP contribution in [0.4, 0.5) is 23.2 Å². The Bertz CT molecular complexity index is 593. The second-order valence-corrected chi connectivity index (χ2v) is 5.42. The maximum atomic E-state index is 13.1. The largest absolute Gasteiger partial charge is 0.419 e. The first-order valence-electron chi connectivity index (χ1n) is 5.71. The first-order chi connectivity index (χ1) is 9.36. The summed E-state index contributed by atoms with van der Waals surface area (Å²) in [5, 5.41) is 2.85. The van der Waals surface area contributed by atoms with Gasteiger partial charge in [0.25, 0.3) is 0 Å². The van der Waals surface area contributed by atoms with Crippen molar-refractivity contribution >= 4 is 28.3 Å². The Labute approximate surface area is 127 Å². The lowest BCUT2D eigenvalue weighted by Gasteiger charge is -2.11. The summed E-state index contributed by atoms with van der Waals surface area (Å²) in [5.74, 6) is -1.27. The molecule has 0 bridgehead atoms. The second-order valence-electron chi connectivity index (χ2n) is 4.17. The Morgan fingerprint density at radius 2 is 1.65 bits per heavy atom. The molecule has 0 amide bonds. The summed E-state index contributed by atoms with van der Waals surface area (Å²) in [6.45, 7) is 0.375. The number of halogens is 5. The molecule has 0 heterocycles. The van der Waals surface area contributed by atoms with E-state index in [2.05, 4.69) is 27.9 Å². The van der Waals surface area contributed by atoms with Crippen LogP contribution in [0, 0.1) is 9.39 Å². The molecule has 2 rings (SSSR count). The number of alkyl halides is 3. The first-order valence-corrected chi connectivity index (χ1v) is 6.79. The minimum absolute atomic E-state index is 0.234. The van der Waals surface area contributed by atoms with Crippen LogP contribution < -0.4 is 5.32 Å². The molecule has 20 heavy (non-hydrogen) atoms. The molecule has 106 valence electrons.